The molecular weight excluding hydrogens is 272 g/mol. The first kappa shape index (κ1) is 13.5. The fraction of sp³-hybridized carbons (Fsp3) is 0.500. The van der Waals surface area contributed by atoms with Crippen molar-refractivity contribution in [3.05, 3.63) is 17.0 Å². The molecule has 0 aromatic carbocycles. The number of hydrazine groups is 1. The van der Waals surface area contributed by atoms with E-state index in [1.54, 1.807) is 5.01 Å². The normalized spacial score (nSPS) is 18.7. The van der Waals surface area contributed by atoms with Crippen molar-refractivity contribution in [2.75, 3.05) is 33.2 Å². The SMILES string of the molecule is CN1CCN(NS(=O)(=O)c2ccc(C#N)s2)CC1. The van der Waals surface area contributed by atoms with Gasteiger partial charge in [-0.3, -0.25) is 0 Å². The molecule has 0 unspecified atom stereocenters. The topological polar surface area (TPSA) is 76.4 Å². The highest BCUT2D eigenvalue weighted by atomic mass is 32.2. The quantitative estimate of drug-likeness (QED) is 0.850. The van der Waals surface area contributed by atoms with E-state index in [2.05, 4.69) is 9.73 Å². The fourth-order valence-corrected chi connectivity index (χ4v) is 3.85. The first-order valence-corrected chi connectivity index (χ1v) is 7.77. The predicted molar refractivity (Wildman–Crippen MR) is 68.4 cm³/mol. The summed E-state index contributed by atoms with van der Waals surface area (Å²) in [5.41, 5.74) is 0. The Morgan fingerprint density at radius 3 is 2.56 bits per heavy atom. The van der Waals surface area contributed by atoms with Gasteiger partial charge in [0.25, 0.3) is 10.0 Å². The molecular formula is C10H14N4O2S2. The fourth-order valence-electron chi connectivity index (χ4n) is 1.64. The number of thiophene rings is 1. The number of sulfonamides is 1. The van der Waals surface area contributed by atoms with Gasteiger partial charge < -0.3 is 4.90 Å². The van der Waals surface area contributed by atoms with Gasteiger partial charge in [0.1, 0.15) is 15.2 Å². The number of likely N-dealkylation sites (N-methyl/N-ethyl adjacent to an activating group) is 1. The molecule has 1 fully saturated rings. The smallest absolute Gasteiger partial charge is 0.262 e. The molecule has 0 spiro atoms. The first-order chi connectivity index (χ1) is 8.51. The summed E-state index contributed by atoms with van der Waals surface area (Å²) in [5.74, 6) is 0. The van der Waals surface area contributed by atoms with Crippen LogP contribution in [0.3, 0.4) is 0 Å². The molecule has 8 heteroatoms. The summed E-state index contributed by atoms with van der Waals surface area (Å²) in [6, 6.07) is 4.91. The molecule has 0 bridgehead atoms. The van der Waals surface area contributed by atoms with Crippen molar-refractivity contribution < 1.29 is 8.42 Å². The number of nitrogens with zero attached hydrogens (tertiary/aromatic N) is 3. The number of hydrogen-bond acceptors (Lipinski definition) is 6. The summed E-state index contributed by atoms with van der Waals surface area (Å²) in [7, 11) is -1.54. The second kappa shape index (κ2) is 5.34. The van der Waals surface area contributed by atoms with E-state index in [9.17, 15) is 8.42 Å². The lowest BCUT2D eigenvalue weighted by Crippen LogP contribution is -2.52. The third-order valence-corrected chi connectivity index (χ3v) is 5.57. The van der Waals surface area contributed by atoms with E-state index in [1.807, 2.05) is 13.1 Å². The molecule has 6 nitrogen and oxygen atoms in total. The van der Waals surface area contributed by atoms with Gasteiger partial charge in [0.2, 0.25) is 0 Å². The minimum atomic E-state index is -3.54. The van der Waals surface area contributed by atoms with Gasteiger partial charge >= 0.3 is 0 Å². The average molecular weight is 286 g/mol. The highest BCUT2D eigenvalue weighted by Crippen LogP contribution is 2.20. The minimum Gasteiger partial charge on any atom is -0.304 e. The summed E-state index contributed by atoms with van der Waals surface area (Å²) in [6.45, 7) is 2.98. The van der Waals surface area contributed by atoms with Crippen LogP contribution in [0.2, 0.25) is 0 Å². The molecule has 1 aromatic heterocycles. The molecule has 2 heterocycles. The van der Waals surface area contributed by atoms with Gasteiger partial charge in [0.15, 0.2) is 0 Å². The van der Waals surface area contributed by atoms with E-state index < -0.39 is 10.0 Å². The molecule has 1 saturated heterocycles. The molecule has 0 amide bonds. The zero-order chi connectivity index (χ0) is 13.2. The van der Waals surface area contributed by atoms with Crippen molar-refractivity contribution in [2.45, 2.75) is 4.21 Å². The third kappa shape index (κ3) is 3.07. The van der Waals surface area contributed by atoms with Crippen LogP contribution in [0.25, 0.3) is 0 Å². The number of hydrogen-bond donors (Lipinski definition) is 1. The number of nitrogens with one attached hydrogen (secondary N) is 1. The van der Waals surface area contributed by atoms with Crippen LogP contribution in [0.4, 0.5) is 0 Å². The molecule has 98 valence electrons. The molecule has 18 heavy (non-hydrogen) atoms. The second-order valence-corrected chi connectivity index (χ2v) is 7.09. The van der Waals surface area contributed by atoms with E-state index in [-0.39, 0.29) is 4.21 Å². The van der Waals surface area contributed by atoms with E-state index in [0.717, 1.165) is 24.4 Å². The van der Waals surface area contributed by atoms with E-state index in [4.69, 9.17) is 5.26 Å². The summed E-state index contributed by atoms with van der Waals surface area (Å²) >= 11 is 0.980. The van der Waals surface area contributed by atoms with Crippen LogP contribution in [-0.4, -0.2) is 51.6 Å². The lowest BCUT2D eigenvalue weighted by atomic mass is 10.4. The van der Waals surface area contributed by atoms with Crippen LogP contribution >= 0.6 is 11.3 Å². The van der Waals surface area contributed by atoms with Crippen LogP contribution in [0.1, 0.15) is 4.88 Å². The highest BCUT2D eigenvalue weighted by Gasteiger charge is 2.22. The molecule has 0 aliphatic carbocycles. The maximum absolute atomic E-state index is 12.0. The van der Waals surface area contributed by atoms with Crippen LogP contribution in [0.5, 0.6) is 0 Å². The zero-order valence-corrected chi connectivity index (χ0v) is 11.6. The van der Waals surface area contributed by atoms with E-state index in [1.165, 1.54) is 12.1 Å². The Hall–Kier alpha value is -0.980. The first-order valence-electron chi connectivity index (χ1n) is 5.47. The summed E-state index contributed by atoms with van der Waals surface area (Å²) in [4.78, 5) is 5.09. The standard InChI is InChI=1S/C10H14N4O2S2/c1-13-4-6-14(7-5-13)12-18(15,16)10-3-2-9(8-11)17-10/h2-3,12H,4-7H2,1H3. The number of nitriles is 1. The maximum atomic E-state index is 12.0. The van der Waals surface area contributed by atoms with Crippen LogP contribution < -0.4 is 4.83 Å². The summed E-state index contributed by atoms with van der Waals surface area (Å²) < 4.78 is 24.3. The largest absolute Gasteiger partial charge is 0.304 e. The molecule has 2 rings (SSSR count). The van der Waals surface area contributed by atoms with Crippen LogP contribution in [-0.2, 0) is 10.0 Å². The van der Waals surface area contributed by atoms with Gasteiger partial charge in [-0.15, -0.1) is 16.2 Å². The molecule has 1 N–H and O–H groups in total. The van der Waals surface area contributed by atoms with Gasteiger partial charge in [-0.1, -0.05) is 0 Å². The van der Waals surface area contributed by atoms with Crippen LogP contribution in [0.15, 0.2) is 16.3 Å². The highest BCUT2D eigenvalue weighted by molar-refractivity contribution is 7.91. The third-order valence-electron chi connectivity index (χ3n) is 2.71. The summed E-state index contributed by atoms with van der Waals surface area (Å²) in [5, 5.41) is 10.4. The lowest BCUT2D eigenvalue weighted by Gasteiger charge is -2.31. The Morgan fingerprint density at radius 1 is 1.33 bits per heavy atom. The van der Waals surface area contributed by atoms with Crippen LogP contribution in [0, 0.1) is 11.3 Å². The summed E-state index contributed by atoms with van der Waals surface area (Å²) in [6.07, 6.45) is 0. The van der Waals surface area contributed by atoms with Crippen molar-refractivity contribution in [3.8, 4) is 6.07 Å². The molecule has 1 aromatic rings. The minimum absolute atomic E-state index is 0.179. The Kier molecular flexibility index (Phi) is 3.99. The molecule has 0 saturated carbocycles. The van der Waals surface area contributed by atoms with Crippen molar-refractivity contribution >= 4 is 21.4 Å². The van der Waals surface area contributed by atoms with Crippen molar-refractivity contribution in [1.82, 2.24) is 14.7 Å². The Balaban J connectivity index is 2.06. The van der Waals surface area contributed by atoms with Gasteiger partial charge in [-0.2, -0.15) is 5.26 Å². The molecule has 1 aliphatic rings. The van der Waals surface area contributed by atoms with E-state index in [0.29, 0.717) is 18.0 Å². The predicted octanol–water partition coefficient (Wildman–Crippen LogP) is 0.0605. The Bertz CT molecular complexity index is 553. The molecule has 0 radical (unpaired) electrons. The molecule has 0 atom stereocenters. The second-order valence-electron chi connectivity index (χ2n) is 4.12. The number of piperazine rings is 1. The molecule has 1 aliphatic heterocycles. The maximum Gasteiger partial charge on any atom is 0.262 e. The average Bonchev–Trinajstić information content (AvgIpc) is 2.81. The Labute approximate surface area is 110 Å². The van der Waals surface area contributed by atoms with Gasteiger partial charge in [0, 0.05) is 26.2 Å². The van der Waals surface area contributed by atoms with Crippen molar-refractivity contribution in [1.29, 1.82) is 5.26 Å². The van der Waals surface area contributed by atoms with Crippen molar-refractivity contribution in [2.24, 2.45) is 0 Å². The Morgan fingerprint density at radius 2 is 2.00 bits per heavy atom. The number of rotatable bonds is 3. The van der Waals surface area contributed by atoms with E-state index >= 15 is 0 Å². The van der Waals surface area contributed by atoms with Gasteiger partial charge in [0.05, 0.1) is 0 Å². The lowest BCUT2D eigenvalue weighted by molar-refractivity contribution is 0.135. The van der Waals surface area contributed by atoms with Gasteiger partial charge in [-0.05, 0) is 19.2 Å². The monoisotopic (exact) mass is 286 g/mol. The zero-order valence-electron chi connectivity index (χ0n) is 9.96. The van der Waals surface area contributed by atoms with Gasteiger partial charge in [-0.25, -0.2) is 13.4 Å². The van der Waals surface area contributed by atoms with Crippen molar-refractivity contribution in [3.63, 3.8) is 0 Å².